The van der Waals surface area contributed by atoms with Crippen molar-refractivity contribution in [1.82, 2.24) is 5.32 Å². The van der Waals surface area contributed by atoms with E-state index in [4.69, 9.17) is 10.5 Å². The van der Waals surface area contributed by atoms with Gasteiger partial charge >= 0.3 is 5.97 Å². The van der Waals surface area contributed by atoms with E-state index in [1.165, 1.54) is 0 Å². The number of aryl methyl sites for hydroxylation is 1. The van der Waals surface area contributed by atoms with Crippen molar-refractivity contribution in [3.05, 3.63) is 58.1 Å². The molecule has 0 amide bonds. The number of rotatable bonds is 3. The molecule has 1 unspecified atom stereocenters. The molecule has 5 heteroatoms. The largest absolute Gasteiger partial charge is 0.463 e. The Labute approximate surface area is 154 Å². The Hall–Kier alpha value is -2.56. The zero-order chi connectivity index (χ0) is 19.1. The minimum absolute atomic E-state index is 0.0589. The van der Waals surface area contributed by atoms with Crippen LogP contribution >= 0.6 is 0 Å². The van der Waals surface area contributed by atoms with Crippen LogP contribution in [0.15, 0.2) is 46.9 Å². The van der Waals surface area contributed by atoms with Crippen molar-refractivity contribution in [1.29, 1.82) is 0 Å². The summed E-state index contributed by atoms with van der Waals surface area (Å²) < 4.78 is 5.23. The second-order valence-corrected chi connectivity index (χ2v) is 7.85. The smallest absolute Gasteiger partial charge is 0.338 e. The van der Waals surface area contributed by atoms with Crippen LogP contribution in [-0.4, -0.2) is 18.4 Å². The monoisotopic (exact) mass is 354 g/mol. The fourth-order valence-electron chi connectivity index (χ4n) is 3.84. The maximum absolute atomic E-state index is 13.0. The Morgan fingerprint density at radius 3 is 2.54 bits per heavy atom. The fraction of sp³-hybridized carbons (Fsp3) is 0.429. The Bertz CT molecular complexity index is 816. The standard InChI is InChI=1S/C21H26N2O3/c1-5-26-20(25)18-16(13-8-6-12(2)7-9-13)17-14(23-19(18)22)10-21(3,4)11-15(17)24/h6-9,16,23H,5,10-11,22H2,1-4H3. The van der Waals surface area contributed by atoms with Crippen LogP contribution in [0.2, 0.25) is 0 Å². The summed E-state index contributed by atoms with van der Waals surface area (Å²) in [4.78, 5) is 25.6. The number of carbonyl (C=O) groups excluding carboxylic acids is 2. The average molecular weight is 354 g/mol. The van der Waals surface area contributed by atoms with Gasteiger partial charge < -0.3 is 15.8 Å². The number of hydrogen-bond acceptors (Lipinski definition) is 5. The van der Waals surface area contributed by atoms with Gasteiger partial charge in [0.1, 0.15) is 5.82 Å². The highest BCUT2D eigenvalue weighted by Gasteiger charge is 2.43. The quantitative estimate of drug-likeness (QED) is 0.816. The third-order valence-corrected chi connectivity index (χ3v) is 4.98. The number of allylic oxidation sites excluding steroid dienone is 2. The molecule has 3 N–H and O–H groups in total. The molecule has 1 aliphatic carbocycles. The van der Waals surface area contributed by atoms with Crippen LogP contribution in [0.25, 0.3) is 0 Å². The SMILES string of the molecule is CCOC(=O)C1=C(N)NC2=C(C(=O)CC(C)(C)C2)C1c1ccc(C)cc1. The van der Waals surface area contributed by atoms with Gasteiger partial charge in [-0.15, -0.1) is 0 Å². The Kier molecular flexibility index (Phi) is 4.65. The number of Topliss-reactive ketones (excluding diaryl/α,β-unsaturated/α-hetero) is 1. The van der Waals surface area contributed by atoms with Gasteiger partial charge in [0.15, 0.2) is 5.78 Å². The zero-order valence-electron chi connectivity index (χ0n) is 15.8. The Morgan fingerprint density at radius 2 is 1.92 bits per heavy atom. The molecule has 0 saturated heterocycles. The number of carbonyl (C=O) groups is 2. The number of nitrogens with two attached hydrogens (primary N) is 1. The first-order chi connectivity index (χ1) is 12.2. The molecular formula is C21H26N2O3. The van der Waals surface area contributed by atoms with E-state index >= 15 is 0 Å². The van der Waals surface area contributed by atoms with Gasteiger partial charge in [0.2, 0.25) is 0 Å². The number of hydrogen-bond donors (Lipinski definition) is 2. The van der Waals surface area contributed by atoms with Gasteiger partial charge in [0, 0.05) is 17.7 Å². The van der Waals surface area contributed by atoms with E-state index in [9.17, 15) is 9.59 Å². The van der Waals surface area contributed by atoms with Crippen LogP contribution < -0.4 is 11.1 Å². The minimum atomic E-state index is -0.491. The molecule has 1 aromatic rings. The van der Waals surface area contributed by atoms with E-state index in [0.717, 1.165) is 16.8 Å². The van der Waals surface area contributed by atoms with Crippen LogP contribution in [0.3, 0.4) is 0 Å². The molecule has 1 heterocycles. The molecule has 1 atom stereocenters. The van der Waals surface area contributed by atoms with Gasteiger partial charge in [-0.05, 0) is 31.2 Å². The zero-order valence-corrected chi connectivity index (χ0v) is 15.8. The van der Waals surface area contributed by atoms with E-state index < -0.39 is 11.9 Å². The highest BCUT2D eigenvalue weighted by atomic mass is 16.5. The van der Waals surface area contributed by atoms with E-state index in [1.54, 1.807) is 6.92 Å². The lowest BCUT2D eigenvalue weighted by Crippen LogP contribution is -2.41. The summed E-state index contributed by atoms with van der Waals surface area (Å²) in [5, 5.41) is 3.12. The van der Waals surface area contributed by atoms with Gasteiger partial charge in [0.05, 0.1) is 18.1 Å². The fourth-order valence-corrected chi connectivity index (χ4v) is 3.84. The molecular weight excluding hydrogens is 328 g/mol. The molecule has 1 aliphatic heterocycles. The van der Waals surface area contributed by atoms with Crippen molar-refractivity contribution < 1.29 is 14.3 Å². The lowest BCUT2D eigenvalue weighted by atomic mass is 9.69. The molecule has 5 nitrogen and oxygen atoms in total. The van der Waals surface area contributed by atoms with Gasteiger partial charge in [-0.25, -0.2) is 4.79 Å². The molecule has 26 heavy (non-hydrogen) atoms. The van der Waals surface area contributed by atoms with Crippen molar-refractivity contribution >= 4 is 11.8 Å². The number of ether oxygens (including phenoxy) is 1. The highest BCUT2D eigenvalue weighted by molar-refractivity contribution is 6.04. The lowest BCUT2D eigenvalue weighted by Gasteiger charge is -2.39. The lowest BCUT2D eigenvalue weighted by molar-refractivity contribution is -0.138. The van der Waals surface area contributed by atoms with Crippen molar-refractivity contribution in [3.8, 4) is 0 Å². The van der Waals surface area contributed by atoms with Gasteiger partial charge in [-0.1, -0.05) is 43.7 Å². The van der Waals surface area contributed by atoms with Gasteiger partial charge in [-0.3, -0.25) is 4.79 Å². The average Bonchev–Trinajstić information content (AvgIpc) is 2.53. The van der Waals surface area contributed by atoms with E-state index in [2.05, 4.69) is 19.2 Å². The number of benzene rings is 1. The van der Waals surface area contributed by atoms with E-state index in [1.807, 2.05) is 31.2 Å². The van der Waals surface area contributed by atoms with Gasteiger partial charge in [-0.2, -0.15) is 0 Å². The molecule has 0 saturated carbocycles. The summed E-state index contributed by atoms with van der Waals surface area (Å²) in [6.45, 7) is 8.14. The Morgan fingerprint density at radius 1 is 1.27 bits per heavy atom. The molecule has 138 valence electrons. The number of dihydropyridines is 1. The summed E-state index contributed by atoms with van der Waals surface area (Å²) in [5.41, 5.74) is 9.87. The topological polar surface area (TPSA) is 81.4 Å². The van der Waals surface area contributed by atoms with E-state index in [-0.39, 0.29) is 23.6 Å². The van der Waals surface area contributed by atoms with E-state index in [0.29, 0.717) is 24.0 Å². The van der Waals surface area contributed by atoms with Crippen LogP contribution in [-0.2, 0) is 14.3 Å². The molecule has 0 radical (unpaired) electrons. The molecule has 0 aromatic heterocycles. The number of esters is 1. The Balaban J connectivity index is 2.17. The predicted molar refractivity (Wildman–Crippen MR) is 100.0 cm³/mol. The van der Waals surface area contributed by atoms with Crippen molar-refractivity contribution in [2.24, 2.45) is 11.1 Å². The van der Waals surface area contributed by atoms with Crippen LogP contribution in [0, 0.1) is 12.3 Å². The minimum Gasteiger partial charge on any atom is -0.463 e. The summed E-state index contributed by atoms with van der Waals surface area (Å²) in [7, 11) is 0. The predicted octanol–water partition coefficient (Wildman–Crippen LogP) is 3.06. The first-order valence-electron chi connectivity index (χ1n) is 9.00. The summed E-state index contributed by atoms with van der Waals surface area (Å²) in [6.07, 6.45) is 1.17. The summed E-state index contributed by atoms with van der Waals surface area (Å²) in [5.74, 6) is -0.636. The molecule has 1 aromatic carbocycles. The highest BCUT2D eigenvalue weighted by Crippen LogP contribution is 2.46. The molecule has 2 aliphatic rings. The van der Waals surface area contributed by atoms with Crippen LogP contribution in [0.1, 0.15) is 50.7 Å². The van der Waals surface area contributed by atoms with Crippen LogP contribution in [0.5, 0.6) is 0 Å². The summed E-state index contributed by atoms with van der Waals surface area (Å²) >= 11 is 0. The van der Waals surface area contributed by atoms with Crippen molar-refractivity contribution in [2.75, 3.05) is 6.61 Å². The first-order valence-corrected chi connectivity index (χ1v) is 9.00. The van der Waals surface area contributed by atoms with Crippen molar-refractivity contribution in [3.63, 3.8) is 0 Å². The molecule has 0 fully saturated rings. The normalized spacial score (nSPS) is 22.0. The van der Waals surface area contributed by atoms with Crippen molar-refractivity contribution in [2.45, 2.75) is 46.5 Å². The van der Waals surface area contributed by atoms with Crippen LogP contribution in [0.4, 0.5) is 0 Å². The third-order valence-electron chi connectivity index (χ3n) is 4.98. The maximum Gasteiger partial charge on any atom is 0.338 e. The molecule has 0 spiro atoms. The van der Waals surface area contributed by atoms with Gasteiger partial charge in [0.25, 0.3) is 0 Å². The second kappa shape index (κ2) is 6.63. The molecule has 3 rings (SSSR count). The second-order valence-electron chi connectivity index (χ2n) is 7.85. The number of ketones is 1. The third kappa shape index (κ3) is 3.26. The maximum atomic E-state index is 13.0. The summed E-state index contributed by atoms with van der Waals surface area (Å²) in [6, 6.07) is 7.87. The molecule has 0 bridgehead atoms. The first kappa shape index (κ1) is 18.2. The number of nitrogens with one attached hydrogen (secondary N) is 1.